The molecular formula is C25H24ClFN4O2. The monoisotopic (exact) mass is 466 g/mol. The number of halogens is 2. The number of nitrogens with one attached hydrogen (secondary N) is 1. The van der Waals surface area contributed by atoms with E-state index >= 15 is 0 Å². The Kier molecular flexibility index (Phi) is 5.31. The normalized spacial score (nSPS) is 23.6. The molecule has 1 saturated carbocycles. The number of hydrogen-bond donors (Lipinski definition) is 1. The molecule has 0 radical (unpaired) electrons. The molecule has 0 unspecified atom stereocenters. The summed E-state index contributed by atoms with van der Waals surface area (Å²) in [4.78, 5) is 2.54. The molecular weight excluding hydrogens is 443 g/mol. The van der Waals surface area contributed by atoms with E-state index in [9.17, 15) is 4.39 Å². The van der Waals surface area contributed by atoms with E-state index in [1.165, 1.54) is 23.8 Å². The van der Waals surface area contributed by atoms with Gasteiger partial charge >= 0.3 is 0 Å². The van der Waals surface area contributed by atoms with E-state index in [0.717, 1.165) is 49.8 Å². The Balaban J connectivity index is 1.04. The van der Waals surface area contributed by atoms with Gasteiger partial charge in [0, 0.05) is 31.2 Å². The summed E-state index contributed by atoms with van der Waals surface area (Å²) in [5, 5.41) is 12.6. The highest BCUT2D eigenvalue weighted by Gasteiger charge is 2.40. The van der Waals surface area contributed by atoms with Crippen molar-refractivity contribution in [1.82, 2.24) is 15.1 Å². The molecule has 2 fully saturated rings. The first-order valence-corrected chi connectivity index (χ1v) is 11.6. The molecule has 1 aromatic heterocycles. The topological polar surface area (TPSA) is 59.5 Å². The molecule has 8 heteroatoms. The summed E-state index contributed by atoms with van der Waals surface area (Å²) < 4.78 is 24.5. The van der Waals surface area contributed by atoms with Gasteiger partial charge in [0.25, 0.3) is 0 Å². The number of fused-ring (bicyclic) bond motifs is 2. The molecule has 1 N–H and O–H groups in total. The minimum absolute atomic E-state index is 0.312. The molecule has 0 bridgehead atoms. The number of likely N-dealkylation sites (tertiary alicyclic amines) is 1. The minimum atomic E-state index is -0.344. The van der Waals surface area contributed by atoms with Gasteiger partial charge in [-0.15, -0.1) is 10.2 Å². The summed E-state index contributed by atoms with van der Waals surface area (Å²) in [7, 11) is 0. The molecule has 2 aromatic carbocycles. The van der Waals surface area contributed by atoms with Gasteiger partial charge in [-0.1, -0.05) is 17.7 Å². The Hall–Kier alpha value is -2.90. The van der Waals surface area contributed by atoms with Crippen molar-refractivity contribution < 1.29 is 13.9 Å². The van der Waals surface area contributed by atoms with Crippen molar-refractivity contribution in [2.24, 2.45) is 11.8 Å². The number of benzene rings is 2. The summed E-state index contributed by atoms with van der Waals surface area (Å²) in [6, 6.07) is 14.6. The van der Waals surface area contributed by atoms with Crippen LogP contribution in [-0.2, 0) is 6.54 Å². The van der Waals surface area contributed by atoms with E-state index in [4.69, 9.17) is 21.1 Å². The molecule has 2 aliphatic heterocycles. The number of anilines is 1. The third kappa shape index (κ3) is 4.23. The first-order valence-electron chi connectivity index (χ1n) is 11.3. The van der Waals surface area contributed by atoms with Gasteiger partial charge in [-0.2, -0.15) is 0 Å². The summed E-state index contributed by atoms with van der Waals surface area (Å²) in [5.74, 6) is 3.46. The average Bonchev–Trinajstić information content (AvgIpc) is 3.51. The Labute approximate surface area is 196 Å². The van der Waals surface area contributed by atoms with Crippen LogP contribution in [0, 0.1) is 17.7 Å². The maximum Gasteiger partial charge on any atom is 0.231 e. The van der Waals surface area contributed by atoms with Crippen molar-refractivity contribution in [2.45, 2.75) is 25.4 Å². The molecule has 33 heavy (non-hydrogen) atoms. The van der Waals surface area contributed by atoms with Gasteiger partial charge in [0.2, 0.25) is 6.79 Å². The third-order valence-corrected chi connectivity index (χ3v) is 7.22. The van der Waals surface area contributed by atoms with Crippen molar-refractivity contribution in [3.05, 3.63) is 64.9 Å². The number of ether oxygens (including phenoxy) is 2. The van der Waals surface area contributed by atoms with E-state index < -0.39 is 0 Å². The van der Waals surface area contributed by atoms with Crippen molar-refractivity contribution in [3.8, 4) is 22.8 Å². The molecule has 1 aliphatic carbocycles. The fourth-order valence-electron chi connectivity index (χ4n) is 5.40. The zero-order valence-corrected chi connectivity index (χ0v) is 18.8. The molecule has 170 valence electrons. The van der Waals surface area contributed by atoms with Crippen LogP contribution in [0.4, 0.5) is 10.2 Å². The average molecular weight is 467 g/mol. The lowest BCUT2D eigenvalue weighted by molar-refractivity contribution is 0.174. The first-order chi connectivity index (χ1) is 16.1. The quantitative estimate of drug-likeness (QED) is 0.571. The lowest BCUT2D eigenvalue weighted by Crippen LogP contribution is -2.25. The smallest absolute Gasteiger partial charge is 0.231 e. The summed E-state index contributed by atoms with van der Waals surface area (Å²) >= 11 is 6.18. The van der Waals surface area contributed by atoms with Crippen LogP contribution < -0.4 is 14.8 Å². The number of hydrogen-bond acceptors (Lipinski definition) is 6. The Morgan fingerprint density at radius 1 is 0.970 bits per heavy atom. The van der Waals surface area contributed by atoms with Crippen molar-refractivity contribution in [3.63, 3.8) is 0 Å². The van der Waals surface area contributed by atoms with Gasteiger partial charge in [-0.25, -0.2) is 4.39 Å². The third-order valence-electron chi connectivity index (χ3n) is 6.89. The largest absolute Gasteiger partial charge is 0.454 e. The molecule has 6 nitrogen and oxygen atoms in total. The Morgan fingerprint density at radius 3 is 2.58 bits per heavy atom. The number of rotatable bonds is 5. The maximum atomic E-state index is 13.6. The summed E-state index contributed by atoms with van der Waals surface area (Å²) in [6.07, 6.45) is 2.25. The van der Waals surface area contributed by atoms with Crippen LogP contribution >= 0.6 is 11.6 Å². The predicted octanol–water partition coefficient (Wildman–Crippen LogP) is 4.99. The van der Waals surface area contributed by atoms with E-state index in [1.807, 2.05) is 18.2 Å². The highest BCUT2D eigenvalue weighted by molar-refractivity contribution is 6.33. The zero-order chi connectivity index (χ0) is 22.4. The summed E-state index contributed by atoms with van der Waals surface area (Å²) in [5.41, 5.74) is 2.38. The fraction of sp³-hybridized carbons (Fsp3) is 0.360. The molecule has 3 aromatic rings. The molecule has 3 atom stereocenters. The Morgan fingerprint density at radius 2 is 1.79 bits per heavy atom. The minimum Gasteiger partial charge on any atom is -0.454 e. The maximum absolute atomic E-state index is 13.6. The number of nitrogens with zero attached hydrogens (tertiary/aromatic N) is 3. The fourth-order valence-corrected chi connectivity index (χ4v) is 5.61. The van der Waals surface area contributed by atoms with Gasteiger partial charge in [0.05, 0.1) is 10.7 Å². The van der Waals surface area contributed by atoms with Crippen LogP contribution in [0.1, 0.15) is 18.4 Å². The Bertz CT molecular complexity index is 1160. The molecule has 3 aliphatic rings. The lowest BCUT2D eigenvalue weighted by atomic mass is 10.0. The zero-order valence-electron chi connectivity index (χ0n) is 18.0. The van der Waals surface area contributed by atoms with Gasteiger partial charge in [-0.05, 0) is 72.7 Å². The van der Waals surface area contributed by atoms with Gasteiger partial charge < -0.3 is 14.8 Å². The van der Waals surface area contributed by atoms with E-state index in [0.29, 0.717) is 41.0 Å². The lowest BCUT2D eigenvalue weighted by Gasteiger charge is -2.20. The van der Waals surface area contributed by atoms with Crippen molar-refractivity contribution in [1.29, 1.82) is 0 Å². The van der Waals surface area contributed by atoms with Crippen LogP contribution in [0.25, 0.3) is 11.3 Å². The highest BCUT2D eigenvalue weighted by atomic mass is 35.5. The first kappa shape index (κ1) is 20.7. The van der Waals surface area contributed by atoms with Gasteiger partial charge in [-0.3, -0.25) is 4.90 Å². The molecule has 0 spiro atoms. The second-order valence-electron chi connectivity index (χ2n) is 9.14. The molecule has 6 rings (SSSR count). The SMILES string of the molecule is Fc1ccc(Cl)c(-c2ccc(N[C@@H]3C[C@@H]4CN(Cc5ccc6c(c5)OCO6)C[C@@H]4C3)nn2)c1. The van der Waals surface area contributed by atoms with E-state index in [2.05, 4.69) is 32.5 Å². The van der Waals surface area contributed by atoms with Gasteiger partial charge in [0.15, 0.2) is 11.5 Å². The second-order valence-corrected chi connectivity index (χ2v) is 9.55. The van der Waals surface area contributed by atoms with Crippen molar-refractivity contribution >= 4 is 17.4 Å². The van der Waals surface area contributed by atoms with Crippen LogP contribution in [0.15, 0.2) is 48.5 Å². The highest BCUT2D eigenvalue weighted by Crippen LogP contribution is 2.40. The second kappa shape index (κ2) is 8.47. The molecule has 3 heterocycles. The van der Waals surface area contributed by atoms with Gasteiger partial charge in [0.1, 0.15) is 11.6 Å². The standard InChI is InChI=1S/C25H24ClFN4O2/c26-21-3-2-18(27)10-20(21)22-4-6-25(30-29-22)28-19-8-16-12-31(13-17(16)9-19)11-15-1-5-23-24(7-15)33-14-32-23/h1-7,10,16-17,19H,8-9,11-14H2,(H,28,30)/t16-,17+,19-. The molecule has 0 amide bonds. The van der Waals surface area contributed by atoms with Crippen LogP contribution in [0.5, 0.6) is 11.5 Å². The van der Waals surface area contributed by atoms with Crippen LogP contribution in [0.3, 0.4) is 0 Å². The van der Waals surface area contributed by atoms with E-state index in [-0.39, 0.29) is 5.82 Å². The van der Waals surface area contributed by atoms with Crippen LogP contribution in [0.2, 0.25) is 5.02 Å². The molecule has 1 saturated heterocycles. The predicted molar refractivity (Wildman–Crippen MR) is 124 cm³/mol. The van der Waals surface area contributed by atoms with E-state index in [1.54, 1.807) is 0 Å². The summed E-state index contributed by atoms with van der Waals surface area (Å²) in [6.45, 7) is 3.48. The number of aromatic nitrogens is 2. The van der Waals surface area contributed by atoms with Crippen molar-refractivity contribution in [2.75, 3.05) is 25.2 Å². The van der Waals surface area contributed by atoms with Crippen LogP contribution in [-0.4, -0.2) is 41.0 Å².